The zero-order valence-electron chi connectivity index (χ0n) is 31.1. The van der Waals surface area contributed by atoms with Gasteiger partial charge in [0.05, 0.1) is 0 Å². The van der Waals surface area contributed by atoms with Gasteiger partial charge in [0.15, 0.2) is 0 Å². The van der Waals surface area contributed by atoms with Crippen LogP contribution in [0.1, 0.15) is 158 Å². The van der Waals surface area contributed by atoms with Crippen LogP contribution in [-0.4, -0.2) is 66.9 Å². The van der Waals surface area contributed by atoms with Crippen LogP contribution in [0.25, 0.3) is 0 Å². The molecule has 0 bridgehead atoms. The molecule has 0 saturated heterocycles. The number of halogens is 5. The van der Waals surface area contributed by atoms with Crippen LogP contribution in [-0.2, 0) is 9.32 Å². The summed E-state index contributed by atoms with van der Waals surface area (Å²) in [7, 11) is 0. The molecule has 0 amide bonds. The first-order valence-electron chi connectivity index (χ1n) is 17.8. The minimum Gasteiger partial charge on any atom is -1.00 e. The fraction of sp³-hybridized carbons (Fsp3) is 0.971. The van der Waals surface area contributed by atoms with E-state index >= 15 is 0 Å². The normalized spacial score (nSPS) is 13.3. The second-order valence-corrected chi connectivity index (χ2v) is 27.2. The van der Waals surface area contributed by atoms with Crippen LogP contribution in [0.4, 0.5) is 13.2 Å². The van der Waals surface area contributed by atoms with E-state index in [1.165, 1.54) is 76.0 Å². The number of carbonyl (C=O) groups excluding carboxylic acids is 1. The minimum atomic E-state index is -4.90. The standard InChI is InChI=1S/C18H36F3O2P.C16H36ClP.ClH.K.H2O/c1-5-9-13-24(14-10-6-2,15-11-7-3,16-12-8-4)23-17(22)18(19,20)21;1-5-9-13-18(17,14-10-6-2,15-11-7-3)16-12-8-4;;;/h5-16H2,1-4H3;5-16H2,1-4H3;1H;;1H2/q;;;+1;/p-1. The number of hydrogen-bond donors (Lipinski definition) is 0. The molecule has 274 valence electrons. The van der Waals surface area contributed by atoms with Crippen LogP contribution in [0.15, 0.2) is 0 Å². The predicted octanol–water partition coefficient (Wildman–Crippen LogP) is 6.84. The summed E-state index contributed by atoms with van der Waals surface area (Å²) in [5, 5.41) is 0. The van der Waals surface area contributed by atoms with E-state index in [0.717, 1.165) is 51.4 Å². The molecule has 11 heteroatoms. The van der Waals surface area contributed by atoms with Gasteiger partial charge in [-0.2, -0.15) is 0 Å². The van der Waals surface area contributed by atoms with E-state index in [-0.39, 0.29) is 69.3 Å². The maximum absolute atomic E-state index is 13.0. The van der Waals surface area contributed by atoms with Crippen LogP contribution >= 0.6 is 24.0 Å². The topological polar surface area (TPSA) is 57.8 Å². The van der Waals surface area contributed by atoms with Gasteiger partial charge in [-0.25, -0.2) is 0 Å². The molecule has 0 fully saturated rings. The van der Waals surface area contributed by atoms with Crippen LogP contribution < -0.4 is 63.8 Å². The molecule has 2 N–H and O–H groups in total. The van der Waals surface area contributed by atoms with E-state index in [4.69, 9.17) is 15.8 Å². The van der Waals surface area contributed by atoms with Gasteiger partial charge < -0.3 is 17.9 Å². The first kappa shape index (κ1) is 56.7. The van der Waals surface area contributed by atoms with E-state index in [1.807, 2.05) is 27.7 Å². The number of hydrogen-bond acceptors (Lipinski definition) is 2. The van der Waals surface area contributed by atoms with Gasteiger partial charge in [-0.3, -0.25) is 0 Å². The zero-order chi connectivity index (χ0) is 32.6. The quantitative estimate of drug-likeness (QED) is 0.0757. The largest absolute Gasteiger partial charge is 1.00 e. The zero-order valence-corrected chi connectivity index (χ0v) is 37.5. The molecule has 0 aromatic heterocycles. The summed E-state index contributed by atoms with van der Waals surface area (Å²) in [6.07, 6.45) is 20.7. The van der Waals surface area contributed by atoms with Crippen molar-refractivity contribution in [2.24, 2.45) is 0 Å². The number of unbranched alkanes of at least 4 members (excludes halogenated alkanes) is 8. The molecule has 0 aliphatic rings. The number of rotatable bonds is 25. The monoisotopic (exact) mass is 758 g/mol. The third kappa shape index (κ3) is 23.4. The summed E-state index contributed by atoms with van der Waals surface area (Å²) in [5.74, 6) is -3.85. The van der Waals surface area contributed by atoms with Crippen LogP contribution in [0, 0.1) is 0 Å². The van der Waals surface area contributed by atoms with Gasteiger partial charge in [0.1, 0.15) is 0 Å². The van der Waals surface area contributed by atoms with Crippen molar-refractivity contribution in [3.8, 4) is 0 Å². The SMILES string of the molecule is CCCCP(CCCC)(CCCC)(CCCC)OC(=O)C(F)(F)F.CCCCP(Cl)(CCCC)(CCCC)CCCC.O.[Cl-].[K+]. The van der Waals surface area contributed by atoms with Crippen molar-refractivity contribution in [2.45, 2.75) is 164 Å². The number of alkyl halides is 3. The fourth-order valence-corrected chi connectivity index (χ4v) is 20.2. The molecule has 0 unspecified atom stereocenters. The first-order chi connectivity index (χ1) is 19.7. The summed E-state index contributed by atoms with van der Waals surface area (Å²) < 4.78 is 44.5. The molecule has 0 aromatic rings. The molecule has 0 heterocycles. The Kier molecular flexibility index (Phi) is 37.7. The van der Waals surface area contributed by atoms with Crippen molar-refractivity contribution in [1.29, 1.82) is 0 Å². The maximum Gasteiger partial charge on any atom is 1.00 e. The molecule has 0 aromatic carbocycles. The average Bonchev–Trinajstić information content (AvgIpc) is 2.97. The summed E-state index contributed by atoms with van der Waals surface area (Å²) in [5.41, 5.74) is 0. The third-order valence-corrected chi connectivity index (χ3v) is 23.4. The Morgan fingerprint density at radius 2 is 0.733 bits per heavy atom. The Morgan fingerprint density at radius 1 is 0.533 bits per heavy atom. The summed E-state index contributed by atoms with van der Waals surface area (Å²) in [6.45, 7) is 14.2. The van der Waals surface area contributed by atoms with Crippen LogP contribution in [0.2, 0.25) is 0 Å². The Labute approximate surface area is 332 Å². The first-order valence-corrected chi connectivity index (χ1v) is 24.5. The molecular weight excluding hydrogens is 685 g/mol. The van der Waals surface area contributed by atoms with E-state index in [9.17, 15) is 18.0 Å². The Morgan fingerprint density at radius 3 is 0.911 bits per heavy atom. The van der Waals surface area contributed by atoms with Crippen molar-refractivity contribution in [3.63, 3.8) is 0 Å². The smallest absolute Gasteiger partial charge is 1.00 e. The molecular formula is C34H74Cl2F3KO3P2. The Bertz CT molecular complexity index is 617. The minimum absolute atomic E-state index is 0. The summed E-state index contributed by atoms with van der Waals surface area (Å²) in [6, 6.07) is 0. The fourth-order valence-electron chi connectivity index (χ4n) is 6.26. The van der Waals surface area contributed by atoms with Gasteiger partial charge >= 0.3 is 317 Å². The molecule has 45 heavy (non-hydrogen) atoms. The second-order valence-electron chi connectivity index (χ2n) is 13.2. The van der Waals surface area contributed by atoms with Crippen LogP contribution in [0.5, 0.6) is 0 Å². The van der Waals surface area contributed by atoms with Crippen molar-refractivity contribution in [1.82, 2.24) is 0 Å². The van der Waals surface area contributed by atoms with Gasteiger partial charge in [0.2, 0.25) is 0 Å². The van der Waals surface area contributed by atoms with Gasteiger partial charge in [0, 0.05) is 0 Å². The van der Waals surface area contributed by atoms with Crippen molar-refractivity contribution < 1.29 is 91.8 Å². The molecule has 0 saturated carbocycles. The van der Waals surface area contributed by atoms with Gasteiger partial charge in [-0.15, -0.1) is 0 Å². The van der Waals surface area contributed by atoms with Crippen LogP contribution in [0.3, 0.4) is 0 Å². The molecule has 0 aliphatic carbocycles. The van der Waals surface area contributed by atoms with Gasteiger partial charge in [-0.1, -0.05) is 0 Å². The Hall–Kier alpha value is 2.30. The molecule has 0 spiro atoms. The van der Waals surface area contributed by atoms with E-state index in [2.05, 4.69) is 27.7 Å². The van der Waals surface area contributed by atoms with E-state index in [0.29, 0.717) is 24.6 Å². The van der Waals surface area contributed by atoms with E-state index < -0.39 is 24.9 Å². The van der Waals surface area contributed by atoms with Gasteiger partial charge in [-0.05, 0) is 0 Å². The second kappa shape index (κ2) is 30.0. The Balaban J connectivity index is -0.000000230. The molecule has 0 atom stereocenters. The summed E-state index contributed by atoms with van der Waals surface area (Å²) >= 11 is 7.44. The van der Waals surface area contributed by atoms with Crippen molar-refractivity contribution in [3.05, 3.63) is 0 Å². The third-order valence-electron chi connectivity index (χ3n) is 9.16. The van der Waals surface area contributed by atoms with Gasteiger partial charge in [0.25, 0.3) is 0 Å². The van der Waals surface area contributed by atoms with Crippen molar-refractivity contribution in [2.75, 3.05) is 49.3 Å². The molecule has 0 rings (SSSR count). The van der Waals surface area contributed by atoms with Crippen molar-refractivity contribution >= 4 is 30.0 Å². The maximum atomic E-state index is 13.0. The molecule has 3 nitrogen and oxygen atoms in total. The molecule has 0 aliphatic heterocycles. The molecule has 0 radical (unpaired) electrons. The van der Waals surface area contributed by atoms with E-state index in [1.54, 1.807) is 0 Å². The summed E-state index contributed by atoms with van der Waals surface area (Å²) in [4.78, 5) is 11.8. The predicted molar refractivity (Wildman–Crippen MR) is 194 cm³/mol. The average molecular weight is 760 g/mol. The number of carbonyl (C=O) groups is 1.